The van der Waals surface area contributed by atoms with E-state index in [0.717, 1.165) is 57.4 Å². The van der Waals surface area contributed by atoms with Crippen molar-refractivity contribution in [3.8, 4) is 0 Å². The Hall–Kier alpha value is -2.08. The maximum atomic E-state index is 13.0. The molecule has 3 heterocycles. The lowest BCUT2D eigenvalue weighted by Crippen LogP contribution is -2.53. The van der Waals surface area contributed by atoms with Gasteiger partial charge in [0.2, 0.25) is 5.91 Å². The number of hydrogen-bond donors (Lipinski definition) is 1. The van der Waals surface area contributed by atoms with E-state index in [2.05, 4.69) is 23.3 Å². The summed E-state index contributed by atoms with van der Waals surface area (Å²) in [4.78, 5) is 31.7. The molecule has 1 N–H and O–H groups in total. The number of fused-ring (bicyclic) bond motifs is 1. The van der Waals surface area contributed by atoms with Gasteiger partial charge in [0.25, 0.3) is 0 Å². The second-order valence-electron chi connectivity index (χ2n) is 8.18. The SMILES string of the molecule is CN1CCCC(NC(=O)N2CCC(C(=O)N3CCc4ccccc43)CC2)C1. The Bertz CT molecular complexity index is 699. The summed E-state index contributed by atoms with van der Waals surface area (Å²) in [6.07, 6.45) is 4.65. The lowest BCUT2D eigenvalue weighted by molar-refractivity contribution is -0.123. The predicted molar refractivity (Wildman–Crippen MR) is 106 cm³/mol. The molecule has 4 rings (SSSR count). The maximum absolute atomic E-state index is 13.0. The maximum Gasteiger partial charge on any atom is 0.317 e. The Morgan fingerprint density at radius 1 is 1.04 bits per heavy atom. The zero-order valence-corrected chi connectivity index (χ0v) is 16.2. The van der Waals surface area contributed by atoms with E-state index in [4.69, 9.17) is 0 Å². The molecule has 0 aliphatic carbocycles. The third-order valence-electron chi connectivity index (χ3n) is 6.24. The number of benzene rings is 1. The van der Waals surface area contributed by atoms with Crippen molar-refractivity contribution in [2.45, 2.75) is 38.1 Å². The van der Waals surface area contributed by atoms with E-state index >= 15 is 0 Å². The van der Waals surface area contributed by atoms with Crippen LogP contribution in [0, 0.1) is 5.92 Å². The van der Waals surface area contributed by atoms with Crippen LogP contribution in [0.1, 0.15) is 31.2 Å². The molecular weight excluding hydrogens is 340 g/mol. The minimum absolute atomic E-state index is 0.0287. The highest BCUT2D eigenvalue weighted by atomic mass is 16.2. The van der Waals surface area contributed by atoms with Crippen molar-refractivity contribution in [1.29, 1.82) is 0 Å². The van der Waals surface area contributed by atoms with Gasteiger partial charge in [-0.25, -0.2) is 4.79 Å². The minimum atomic E-state index is 0.0287. The van der Waals surface area contributed by atoms with Crippen molar-refractivity contribution in [2.24, 2.45) is 5.92 Å². The van der Waals surface area contributed by atoms with Crippen molar-refractivity contribution in [3.63, 3.8) is 0 Å². The average Bonchev–Trinajstić information content (AvgIpc) is 3.12. The molecular formula is C21H30N4O2. The van der Waals surface area contributed by atoms with Crippen LogP contribution in [0.5, 0.6) is 0 Å². The van der Waals surface area contributed by atoms with Gasteiger partial charge >= 0.3 is 6.03 Å². The number of amides is 3. The summed E-state index contributed by atoms with van der Waals surface area (Å²) in [5, 5.41) is 3.18. The zero-order valence-electron chi connectivity index (χ0n) is 16.2. The number of carbonyl (C=O) groups is 2. The van der Waals surface area contributed by atoms with Gasteiger partial charge in [0.15, 0.2) is 0 Å². The Morgan fingerprint density at radius 3 is 2.59 bits per heavy atom. The molecule has 2 saturated heterocycles. The minimum Gasteiger partial charge on any atom is -0.334 e. The molecule has 0 spiro atoms. The molecule has 146 valence electrons. The summed E-state index contributed by atoms with van der Waals surface area (Å²) in [5.41, 5.74) is 2.34. The Balaban J connectivity index is 1.29. The number of nitrogens with one attached hydrogen (secondary N) is 1. The van der Waals surface area contributed by atoms with E-state index in [1.54, 1.807) is 0 Å². The van der Waals surface area contributed by atoms with Crippen LogP contribution in [0.4, 0.5) is 10.5 Å². The van der Waals surface area contributed by atoms with Gasteiger partial charge in [-0.2, -0.15) is 0 Å². The molecule has 0 radical (unpaired) electrons. The third-order valence-corrected chi connectivity index (χ3v) is 6.24. The molecule has 3 aliphatic heterocycles. The molecule has 1 unspecified atom stereocenters. The topological polar surface area (TPSA) is 55.9 Å². The molecule has 3 amide bonds. The average molecular weight is 370 g/mol. The van der Waals surface area contributed by atoms with Crippen molar-refractivity contribution in [2.75, 3.05) is 44.7 Å². The predicted octanol–water partition coefficient (Wildman–Crippen LogP) is 2.09. The number of likely N-dealkylation sites (tertiary alicyclic amines) is 2. The fraction of sp³-hybridized carbons (Fsp3) is 0.619. The molecule has 27 heavy (non-hydrogen) atoms. The van der Waals surface area contributed by atoms with Crippen LogP contribution >= 0.6 is 0 Å². The van der Waals surface area contributed by atoms with E-state index in [0.29, 0.717) is 13.1 Å². The zero-order chi connectivity index (χ0) is 18.8. The molecule has 2 fully saturated rings. The molecule has 0 saturated carbocycles. The summed E-state index contributed by atoms with van der Waals surface area (Å²) in [7, 11) is 2.10. The first kappa shape index (κ1) is 18.3. The van der Waals surface area contributed by atoms with Crippen molar-refractivity contribution in [1.82, 2.24) is 15.1 Å². The first-order valence-electron chi connectivity index (χ1n) is 10.2. The molecule has 0 aromatic heterocycles. The number of para-hydroxylation sites is 1. The molecule has 1 aromatic carbocycles. The number of piperidine rings is 2. The first-order valence-corrected chi connectivity index (χ1v) is 10.2. The fourth-order valence-electron chi connectivity index (χ4n) is 4.67. The van der Waals surface area contributed by atoms with Crippen molar-refractivity contribution >= 4 is 17.6 Å². The van der Waals surface area contributed by atoms with E-state index in [1.807, 2.05) is 28.0 Å². The summed E-state index contributed by atoms with van der Waals surface area (Å²) in [5.74, 6) is 0.259. The second kappa shape index (κ2) is 7.89. The van der Waals surface area contributed by atoms with E-state index in [-0.39, 0.29) is 23.9 Å². The van der Waals surface area contributed by atoms with Crippen LogP contribution < -0.4 is 10.2 Å². The smallest absolute Gasteiger partial charge is 0.317 e. The summed E-state index contributed by atoms with van der Waals surface area (Å²) < 4.78 is 0. The normalized spacial score (nSPS) is 24.0. The summed E-state index contributed by atoms with van der Waals surface area (Å²) in [6.45, 7) is 4.16. The monoisotopic (exact) mass is 370 g/mol. The first-order chi connectivity index (χ1) is 13.1. The van der Waals surface area contributed by atoms with E-state index in [1.165, 1.54) is 5.56 Å². The number of urea groups is 1. The van der Waals surface area contributed by atoms with Gasteiger partial charge < -0.3 is 20.0 Å². The van der Waals surface area contributed by atoms with Gasteiger partial charge in [-0.1, -0.05) is 18.2 Å². The standard InChI is InChI=1S/C21H30N4O2/c1-23-11-4-6-18(15-23)22-21(27)24-12-8-17(9-13-24)20(26)25-14-10-16-5-2-3-7-19(16)25/h2-3,5,7,17-18H,4,6,8-15H2,1H3,(H,22,27). The van der Waals surface area contributed by atoms with Crippen LogP contribution in [0.3, 0.4) is 0 Å². The number of rotatable bonds is 2. The highest BCUT2D eigenvalue weighted by Gasteiger charge is 2.33. The molecule has 1 atom stereocenters. The van der Waals surface area contributed by atoms with Crippen LogP contribution in [-0.4, -0.2) is 67.6 Å². The number of anilines is 1. The van der Waals surface area contributed by atoms with Crippen LogP contribution in [0.2, 0.25) is 0 Å². The van der Waals surface area contributed by atoms with Crippen molar-refractivity contribution in [3.05, 3.63) is 29.8 Å². The number of nitrogens with zero attached hydrogens (tertiary/aromatic N) is 3. The van der Waals surface area contributed by atoms with E-state index in [9.17, 15) is 9.59 Å². The van der Waals surface area contributed by atoms with Crippen LogP contribution in [0.15, 0.2) is 24.3 Å². The van der Waals surface area contributed by atoms with Gasteiger partial charge in [-0.3, -0.25) is 4.79 Å². The molecule has 0 bridgehead atoms. The highest BCUT2D eigenvalue weighted by Crippen LogP contribution is 2.31. The lowest BCUT2D eigenvalue weighted by Gasteiger charge is -2.36. The van der Waals surface area contributed by atoms with Gasteiger partial charge in [0.05, 0.1) is 0 Å². The van der Waals surface area contributed by atoms with Crippen LogP contribution in [0.25, 0.3) is 0 Å². The van der Waals surface area contributed by atoms with E-state index < -0.39 is 0 Å². The third kappa shape index (κ3) is 3.95. The largest absolute Gasteiger partial charge is 0.334 e. The Morgan fingerprint density at radius 2 is 1.81 bits per heavy atom. The molecule has 3 aliphatic rings. The number of hydrogen-bond acceptors (Lipinski definition) is 3. The second-order valence-corrected chi connectivity index (χ2v) is 8.18. The molecule has 1 aromatic rings. The molecule has 6 nitrogen and oxygen atoms in total. The Kier molecular flexibility index (Phi) is 5.34. The Labute approximate surface area is 161 Å². The van der Waals surface area contributed by atoms with Crippen molar-refractivity contribution < 1.29 is 9.59 Å². The summed E-state index contributed by atoms with van der Waals surface area (Å²) >= 11 is 0. The van der Waals surface area contributed by atoms with Gasteiger partial charge in [-0.05, 0) is 57.3 Å². The summed E-state index contributed by atoms with van der Waals surface area (Å²) in [6, 6.07) is 8.47. The quantitative estimate of drug-likeness (QED) is 0.867. The lowest BCUT2D eigenvalue weighted by atomic mass is 9.95. The number of likely N-dealkylation sites (N-methyl/N-ethyl adjacent to an activating group) is 1. The van der Waals surface area contributed by atoms with Gasteiger partial charge in [0.1, 0.15) is 0 Å². The highest BCUT2D eigenvalue weighted by molar-refractivity contribution is 5.97. The van der Waals surface area contributed by atoms with Gasteiger partial charge in [0, 0.05) is 43.8 Å². The van der Waals surface area contributed by atoms with Gasteiger partial charge in [-0.15, -0.1) is 0 Å². The fourth-order valence-corrected chi connectivity index (χ4v) is 4.67. The van der Waals surface area contributed by atoms with Crippen LogP contribution in [-0.2, 0) is 11.2 Å². The number of carbonyl (C=O) groups excluding carboxylic acids is 2. The molecule has 6 heteroatoms.